The van der Waals surface area contributed by atoms with Crippen LogP contribution in [0.2, 0.25) is 0 Å². The van der Waals surface area contributed by atoms with Gasteiger partial charge in [0.15, 0.2) is 0 Å². The molecule has 0 aliphatic heterocycles. The molecule has 98 valence electrons. The van der Waals surface area contributed by atoms with Crippen molar-refractivity contribution in [2.45, 2.75) is 79.0 Å². The zero-order valence-corrected chi connectivity index (χ0v) is 12.2. The van der Waals surface area contributed by atoms with Crippen molar-refractivity contribution < 1.29 is 5.11 Å². The van der Waals surface area contributed by atoms with Crippen LogP contribution in [0, 0.1) is 5.41 Å². The lowest BCUT2D eigenvalue weighted by molar-refractivity contribution is 0.00928. The average molecular weight is 229 g/mol. The molecule has 2 nitrogen and oxygen atoms in total. The van der Waals surface area contributed by atoms with E-state index in [0.717, 1.165) is 19.3 Å². The van der Waals surface area contributed by atoms with Crippen molar-refractivity contribution in [2.24, 2.45) is 5.41 Å². The summed E-state index contributed by atoms with van der Waals surface area (Å²) in [7, 11) is 2.14. The van der Waals surface area contributed by atoms with Crippen LogP contribution in [0.1, 0.15) is 60.8 Å². The molecule has 3 unspecified atom stereocenters. The Kier molecular flexibility index (Phi) is 6.57. The first-order valence-corrected chi connectivity index (χ1v) is 6.65. The van der Waals surface area contributed by atoms with Crippen molar-refractivity contribution in [1.29, 1.82) is 0 Å². The predicted octanol–water partition coefficient (Wildman–Crippen LogP) is 3.29. The fourth-order valence-corrected chi connectivity index (χ4v) is 2.22. The topological polar surface area (TPSA) is 23.5 Å². The molecule has 0 amide bonds. The van der Waals surface area contributed by atoms with Crippen LogP contribution in [0.5, 0.6) is 0 Å². The maximum atomic E-state index is 10.2. The number of nitrogens with zero attached hydrogens (tertiary/aromatic N) is 1. The Morgan fingerprint density at radius 1 is 1.19 bits per heavy atom. The van der Waals surface area contributed by atoms with Crippen LogP contribution in [0.3, 0.4) is 0 Å². The number of hydrogen-bond donors (Lipinski definition) is 1. The van der Waals surface area contributed by atoms with Gasteiger partial charge in [0.25, 0.3) is 0 Å². The van der Waals surface area contributed by atoms with E-state index in [1.165, 1.54) is 0 Å². The summed E-state index contributed by atoms with van der Waals surface area (Å²) in [5, 5.41) is 10.2. The SMILES string of the molecule is CCCC(O)C(CC)N(C)C(C)C(C)(C)C. The molecule has 16 heavy (non-hydrogen) atoms. The molecule has 0 saturated heterocycles. The average Bonchev–Trinajstić information content (AvgIpc) is 2.16. The third kappa shape index (κ3) is 4.42. The van der Waals surface area contributed by atoms with Crippen molar-refractivity contribution >= 4 is 0 Å². The molecule has 3 atom stereocenters. The Morgan fingerprint density at radius 3 is 2.00 bits per heavy atom. The molecule has 0 aliphatic rings. The van der Waals surface area contributed by atoms with Gasteiger partial charge < -0.3 is 5.11 Å². The largest absolute Gasteiger partial charge is 0.391 e. The molecule has 0 rings (SSSR count). The number of aliphatic hydroxyl groups excluding tert-OH is 1. The molecule has 0 heterocycles. The van der Waals surface area contributed by atoms with E-state index in [1.807, 2.05) is 0 Å². The normalized spacial score (nSPS) is 18.6. The third-order valence-corrected chi connectivity index (χ3v) is 3.83. The summed E-state index contributed by atoms with van der Waals surface area (Å²) in [5.41, 5.74) is 0.258. The maximum Gasteiger partial charge on any atom is 0.0695 e. The van der Waals surface area contributed by atoms with Crippen LogP contribution in [-0.2, 0) is 0 Å². The summed E-state index contributed by atoms with van der Waals surface area (Å²) in [5.74, 6) is 0. The molecule has 2 heteroatoms. The first-order valence-electron chi connectivity index (χ1n) is 6.65. The fraction of sp³-hybridized carbons (Fsp3) is 1.00. The number of aliphatic hydroxyl groups is 1. The van der Waals surface area contributed by atoms with Crippen LogP contribution in [0.15, 0.2) is 0 Å². The molecule has 0 bridgehead atoms. The number of likely N-dealkylation sites (N-methyl/N-ethyl adjacent to an activating group) is 1. The minimum atomic E-state index is -0.190. The van der Waals surface area contributed by atoms with Crippen molar-refractivity contribution in [1.82, 2.24) is 4.90 Å². The van der Waals surface area contributed by atoms with Crippen LogP contribution >= 0.6 is 0 Å². The summed E-state index contributed by atoms with van der Waals surface area (Å²) >= 11 is 0. The maximum absolute atomic E-state index is 10.2. The molecular weight excluding hydrogens is 198 g/mol. The minimum absolute atomic E-state index is 0.190. The van der Waals surface area contributed by atoms with Crippen LogP contribution in [0.25, 0.3) is 0 Å². The summed E-state index contributed by atoms with van der Waals surface area (Å²) < 4.78 is 0. The van der Waals surface area contributed by atoms with E-state index < -0.39 is 0 Å². The first-order chi connectivity index (χ1) is 7.25. The Bertz CT molecular complexity index is 186. The minimum Gasteiger partial charge on any atom is -0.391 e. The van der Waals surface area contributed by atoms with Crippen LogP contribution in [0.4, 0.5) is 0 Å². The van der Waals surface area contributed by atoms with E-state index in [9.17, 15) is 5.11 Å². The van der Waals surface area contributed by atoms with Gasteiger partial charge in [-0.3, -0.25) is 4.90 Å². The summed E-state index contributed by atoms with van der Waals surface area (Å²) in [4.78, 5) is 2.35. The highest BCUT2D eigenvalue weighted by molar-refractivity contribution is 4.84. The van der Waals surface area contributed by atoms with Gasteiger partial charge in [-0.05, 0) is 32.2 Å². The van der Waals surface area contributed by atoms with E-state index in [4.69, 9.17) is 0 Å². The van der Waals surface area contributed by atoms with Gasteiger partial charge in [-0.25, -0.2) is 0 Å². The molecule has 0 aromatic heterocycles. The Labute approximate surface area is 102 Å². The molecule has 0 spiro atoms. The van der Waals surface area contributed by atoms with Crippen LogP contribution < -0.4 is 0 Å². The van der Waals surface area contributed by atoms with Gasteiger partial charge in [0, 0.05) is 12.1 Å². The second-order valence-electron chi connectivity index (χ2n) is 6.04. The van der Waals surface area contributed by atoms with E-state index in [-0.39, 0.29) is 17.6 Å². The van der Waals surface area contributed by atoms with Gasteiger partial charge in [-0.2, -0.15) is 0 Å². The third-order valence-electron chi connectivity index (χ3n) is 3.83. The van der Waals surface area contributed by atoms with E-state index >= 15 is 0 Å². The van der Waals surface area contributed by atoms with Crippen molar-refractivity contribution in [2.75, 3.05) is 7.05 Å². The Balaban J connectivity index is 4.58. The molecule has 1 N–H and O–H groups in total. The van der Waals surface area contributed by atoms with Gasteiger partial charge in [-0.1, -0.05) is 41.0 Å². The predicted molar refractivity (Wildman–Crippen MR) is 71.7 cm³/mol. The van der Waals surface area contributed by atoms with Gasteiger partial charge in [0.2, 0.25) is 0 Å². The molecule has 0 saturated carbocycles. The van der Waals surface area contributed by atoms with E-state index in [2.05, 4.69) is 53.5 Å². The molecule has 0 fully saturated rings. The molecule has 0 radical (unpaired) electrons. The van der Waals surface area contributed by atoms with Gasteiger partial charge >= 0.3 is 0 Å². The Morgan fingerprint density at radius 2 is 1.69 bits per heavy atom. The zero-order valence-electron chi connectivity index (χ0n) is 12.2. The highest BCUT2D eigenvalue weighted by Crippen LogP contribution is 2.26. The second-order valence-corrected chi connectivity index (χ2v) is 6.04. The Hall–Kier alpha value is -0.0800. The van der Waals surface area contributed by atoms with Crippen molar-refractivity contribution in [3.8, 4) is 0 Å². The molecule has 0 aliphatic carbocycles. The fourth-order valence-electron chi connectivity index (χ4n) is 2.22. The van der Waals surface area contributed by atoms with Crippen molar-refractivity contribution in [3.63, 3.8) is 0 Å². The standard InChI is InChI=1S/C14H31NO/c1-8-10-13(16)12(9-2)15(7)11(3)14(4,5)6/h11-13,16H,8-10H2,1-7H3. The second kappa shape index (κ2) is 6.61. The number of hydrogen-bond acceptors (Lipinski definition) is 2. The molecular formula is C14H31NO. The lowest BCUT2D eigenvalue weighted by Crippen LogP contribution is -2.49. The quantitative estimate of drug-likeness (QED) is 0.755. The summed E-state index contributed by atoms with van der Waals surface area (Å²) in [6.07, 6.45) is 2.78. The van der Waals surface area contributed by atoms with E-state index in [0.29, 0.717) is 6.04 Å². The monoisotopic (exact) mass is 229 g/mol. The first kappa shape index (κ1) is 15.9. The summed E-state index contributed by atoms with van der Waals surface area (Å²) in [6.45, 7) is 13.3. The molecule has 0 aromatic carbocycles. The van der Waals surface area contributed by atoms with Gasteiger partial charge in [-0.15, -0.1) is 0 Å². The zero-order chi connectivity index (χ0) is 12.9. The van der Waals surface area contributed by atoms with Crippen molar-refractivity contribution in [3.05, 3.63) is 0 Å². The van der Waals surface area contributed by atoms with Gasteiger partial charge in [0.1, 0.15) is 0 Å². The van der Waals surface area contributed by atoms with Crippen LogP contribution in [-0.4, -0.2) is 35.2 Å². The highest BCUT2D eigenvalue weighted by Gasteiger charge is 2.30. The number of rotatable bonds is 6. The lowest BCUT2D eigenvalue weighted by atomic mass is 9.85. The smallest absolute Gasteiger partial charge is 0.0695 e. The molecule has 0 aromatic rings. The summed E-state index contributed by atoms with van der Waals surface area (Å²) in [6, 6.07) is 0.762. The highest BCUT2D eigenvalue weighted by atomic mass is 16.3. The lowest BCUT2D eigenvalue weighted by Gasteiger charge is -2.41. The van der Waals surface area contributed by atoms with Gasteiger partial charge in [0.05, 0.1) is 6.10 Å². The van der Waals surface area contributed by atoms with E-state index in [1.54, 1.807) is 0 Å².